The molecule has 0 aliphatic carbocycles. The van der Waals surface area contributed by atoms with Gasteiger partial charge in [0.05, 0.1) is 24.7 Å². The summed E-state index contributed by atoms with van der Waals surface area (Å²) in [4.78, 5) is 35.0. The number of ketones is 1. The Morgan fingerprint density at radius 2 is 1.65 bits per heavy atom. The zero-order valence-electron chi connectivity index (χ0n) is 13.4. The number of hydrogen-bond donors (Lipinski definition) is 2. The first-order chi connectivity index (χ1) is 10.8. The number of carbonyl (C=O) groups is 3. The maximum absolute atomic E-state index is 11.8. The van der Waals surface area contributed by atoms with Crippen molar-refractivity contribution in [3.05, 3.63) is 12.2 Å². The van der Waals surface area contributed by atoms with Crippen molar-refractivity contribution in [2.24, 2.45) is 0 Å². The van der Waals surface area contributed by atoms with Crippen molar-refractivity contribution in [3.8, 4) is 0 Å². The smallest absolute Gasteiger partial charge is 0.330 e. The molecular weight excluding hydrogens is 304 g/mol. The summed E-state index contributed by atoms with van der Waals surface area (Å²) in [6.07, 6.45) is -0.274. The lowest BCUT2D eigenvalue weighted by atomic mass is 10.1. The zero-order chi connectivity index (χ0) is 17.4. The number of esters is 2. The Morgan fingerprint density at radius 1 is 1.00 bits per heavy atom. The lowest BCUT2D eigenvalue weighted by Gasteiger charge is -2.17. The highest BCUT2D eigenvalue weighted by Gasteiger charge is 2.22. The van der Waals surface area contributed by atoms with Crippen LogP contribution in [-0.4, -0.2) is 52.4 Å². The average molecular weight is 328 g/mol. The molecule has 23 heavy (non-hydrogen) atoms. The molecule has 2 unspecified atom stereocenters. The molecule has 7 heteroatoms. The predicted molar refractivity (Wildman–Crippen MR) is 80.4 cm³/mol. The molecule has 0 aromatic rings. The van der Waals surface area contributed by atoms with E-state index in [1.165, 1.54) is 6.08 Å². The van der Waals surface area contributed by atoms with Gasteiger partial charge < -0.3 is 19.7 Å². The second kappa shape index (κ2) is 9.42. The minimum atomic E-state index is -1.42. The number of hydrogen-bond acceptors (Lipinski definition) is 7. The highest BCUT2D eigenvalue weighted by Crippen LogP contribution is 2.11. The van der Waals surface area contributed by atoms with E-state index >= 15 is 0 Å². The average Bonchev–Trinajstić information content (AvgIpc) is 2.47. The summed E-state index contributed by atoms with van der Waals surface area (Å²) in [6.45, 7) is 3.28. The molecule has 1 aliphatic rings. The van der Waals surface area contributed by atoms with E-state index in [1.54, 1.807) is 13.8 Å². The molecule has 1 aliphatic heterocycles. The SMILES string of the molecule is CC1CC[C@@H](O)/C=C/C(=O)O[C@H](C)CCC(=O)C(O)CC(=O)O1. The lowest BCUT2D eigenvalue weighted by molar-refractivity contribution is -0.153. The summed E-state index contributed by atoms with van der Waals surface area (Å²) in [7, 11) is 0. The molecule has 0 fully saturated rings. The molecule has 4 atom stereocenters. The first kappa shape index (κ1) is 19.3. The number of ether oxygens (including phenoxy) is 2. The Balaban J connectivity index is 2.74. The molecule has 2 N–H and O–H groups in total. The van der Waals surface area contributed by atoms with Gasteiger partial charge in [-0.3, -0.25) is 9.59 Å². The highest BCUT2D eigenvalue weighted by molar-refractivity contribution is 5.87. The molecule has 130 valence electrons. The van der Waals surface area contributed by atoms with E-state index < -0.39 is 48.6 Å². The van der Waals surface area contributed by atoms with Crippen molar-refractivity contribution < 1.29 is 34.1 Å². The molecule has 0 aromatic carbocycles. The summed E-state index contributed by atoms with van der Waals surface area (Å²) in [6, 6.07) is 0. The van der Waals surface area contributed by atoms with Crippen LogP contribution < -0.4 is 0 Å². The van der Waals surface area contributed by atoms with E-state index in [2.05, 4.69) is 0 Å². The Labute approximate surface area is 135 Å². The number of rotatable bonds is 0. The number of carbonyl (C=O) groups excluding carboxylic acids is 3. The van der Waals surface area contributed by atoms with Gasteiger partial charge in [0.25, 0.3) is 0 Å². The summed E-state index contributed by atoms with van der Waals surface area (Å²) in [5, 5.41) is 19.5. The maximum atomic E-state index is 11.8. The van der Waals surface area contributed by atoms with Crippen LogP contribution in [0.1, 0.15) is 46.0 Å². The molecule has 0 saturated carbocycles. The molecule has 0 aromatic heterocycles. The van der Waals surface area contributed by atoms with E-state index in [9.17, 15) is 24.6 Å². The topological polar surface area (TPSA) is 110 Å². The van der Waals surface area contributed by atoms with Gasteiger partial charge in [-0.15, -0.1) is 0 Å². The van der Waals surface area contributed by atoms with Gasteiger partial charge in [0.2, 0.25) is 0 Å². The standard InChI is InChI=1S/C16H24O7/c1-10-3-5-12(17)6-8-15(20)22-11(2)4-7-13(18)14(19)9-16(21)23-10/h6,8,10-12,14,17,19H,3-5,7,9H2,1-2H3/b8-6+/t10?,11-,12-,14?/m1/s1. The maximum Gasteiger partial charge on any atom is 0.330 e. The fourth-order valence-electron chi connectivity index (χ4n) is 2.10. The monoisotopic (exact) mass is 328 g/mol. The van der Waals surface area contributed by atoms with Crippen molar-refractivity contribution in [1.29, 1.82) is 0 Å². The first-order valence-corrected chi connectivity index (χ1v) is 7.75. The molecule has 7 nitrogen and oxygen atoms in total. The zero-order valence-corrected chi connectivity index (χ0v) is 13.4. The first-order valence-electron chi connectivity index (χ1n) is 7.75. The predicted octanol–water partition coefficient (Wildman–Crippen LogP) is 0.661. The molecule has 0 spiro atoms. The van der Waals surface area contributed by atoms with Crippen LogP contribution in [-0.2, 0) is 23.9 Å². The molecule has 1 rings (SSSR count). The van der Waals surface area contributed by atoms with Gasteiger partial charge >= 0.3 is 11.9 Å². The second-order valence-electron chi connectivity index (χ2n) is 5.78. The van der Waals surface area contributed by atoms with E-state index in [-0.39, 0.29) is 12.8 Å². The summed E-state index contributed by atoms with van der Waals surface area (Å²) < 4.78 is 10.1. The van der Waals surface area contributed by atoms with Gasteiger partial charge in [0.15, 0.2) is 5.78 Å². The third kappa shape index (κ3) is 7.90. The van der Waals surface area contributed by atoms with Crippen molar-refractivity contribution in [1.82, 2.24) is 0 Å². The van der Waals surface area contributed by atoms with Crippen LogP contribution >= 0.6 is 0 Å². The van der Waals surface area contributed by atoms with Crippen LogP contribution in [0, 0.1) is 0 Å². The van der Waals surface area contributed by atoms with E-state index in [0.717, 1.165) is 6.08 Å². The van der Waals surface area contributed by atoms with Crippen LogP contribution in [0.5, 0.6) is 0 Å². The van der Waals surface area contributed by atoms with Crippen LogP contribution in [0.2, 0.25) is 0 Å². The van der Waals surface area contributed by atoms with Gasteiger partial charge in [-0.1, -0.05) is 0 Å². The van der Waals surface area contributed by atoms with Crippen molar-refractivity contribution >= 4 is 17.7 Å². The van der Waals surface area contributed by atoms with Crippen molar-refractivity contribution in [3.63, 3.8) is 0 Å². The van der Waals surface area contributed by atoms with Crippen LogP contribution in [0.15, 0.2) is 12.2 Å². The number of Topliss-reactive ketones (excluding diaryl/α,β-unsaturated/α-hetero) is 1. The van der Waals surface area contributed by atoms with Gasteiger partial charge in [-0.2, -0.15) is 0 Å². The third-order valence-corrected chi connectivity index (χ3v) is 3.50. The summed E-state index contributed by atoms with van der Waals surface area (Å²) >= 11 is 0. The Morgan fingerprint density at radius 3 is 2.35 bits per heavy atom. The summed E-state index contributed by atoms with van der Waals surface area (Å²) in [5.74, 6) is -1.75. The normalized spacial score (nSPS) is 33.7. The van der Waals surface area contributed by atoms with Gasteiger partial charge in [-0.05, 0) is 39.2 Å². The third-order valence-electron chi connectivity index (χ3n) is 3.50. The van der Waals surface area contributed by atoms with Gasteiger partial charge in [-0.25, -0.2) is 4.79 Å². The van der Waals surface area contributed by atoms with Gasteiger partial charge in [0.1, 0.15) is 6.10 Å². The van der Waals surface area contributed by atoms with Crippen molar-refractivity contribution in [2.45, 2.75) is 70.4 Å². The van der Waals surface area contributed by atoms with E-state index in [4.69, 9.17) is 9.47 Å². The minimum absolute atomic E-state index is 0.00914. The lowest BCUT2D eigenvalue weighted by Crippen LogP contribution is -2.28. The fourth-order valence-corrected chi connectivity index (χ4v) is 2.10. The Bertz CT molecular complexity index is 457. The minimum Gasteiger partial charge on any atom is -0.463 e. The summed E-state index contributed by atoms with van der Waals surface area (Å²) in [5.41, 5.74) is 0. The number of aliphatic hydroxyl groups excluding tert-OH is 2. The quantitative estimate of drug-likeness (QED) is 0.629. The molecule has 0 radical (unpaired) electrons. The number of cyclic esters (lactones) is 2. The molecular formula is C16H24O7. The second-order valence-corrected chi connectivity index (χ2v) is 5.78. The Hall–Kier alpha value is -1.73. The van der Waals surface area contributed by atoms with Crippen LogP contribution in [0.3, 0.4) is 0 Å². The molecule has 0 amide bonds. The van der Waals surface area contributed by atoms with E-state index in [0.29, 0.717) is 12.8 Å². The van der Waals surface area contributed by atoms with Crippen LogP contribution in [0.4, 0.5) is 0 Å². The van der Waals surface area contributed by atoms with Crippen molar-refractivity contribution in [2.75, 3.05) is 0 Å². The Kier molecular flexibility index (Phi) is 7.91. The highest BCUT2D eigenvalue weighted by atomic mass is 16.5. The van der Waals surface area contributed by atoms with Crippen LogP contribution in [0.25, 0.3) is 0 Å². The fraction of sp³-hybridized carbons (Fsp3) is 0.688. The molecule has 0 saturated heterocycles. The molecule has 0 bridgehead atoms. The largest absolute Gasteiger partial charge is 0.463 e. The number of aliphatic hydroxyl groups is 2. The molecule has 1 heterocycles. The van der Waals surface area contributed by atoms with Gasteiger partial charge in [0, 0.05) is 12.5 Å². The van der Waals surface area contributed by atoms with E-state index in [1.807, 2.05) is 0 Å².